The summed E-state index contributed by atoms with van der Waals surface area (Å²) in [4.78, 5) is 32.1. The van der Waals surface area contributed by atoms with E-state index in [9.17, 15) is 14.7 Å². The molecule has 1 atom stereocenters. The Labute approximate surface area is 158 Å². The summed E-state index contributed by atoms with van der Waals surface area (Å²) in [6.45, 7) is 6.55. The number of likely N-dealkylation sites (N-methyl/N-ethyl adjacent to an activating group) is 1. The van der Waals surface area contributed by atoms with Gasteiger partial charge in [-0.25, -0.2) is 0 Å². The third kappa shape index (κ3) is 3.19. The van der Waals surface area contributed by atoms with Gasteiger partial charge in [0.15, 0.2) is 0 Å². The fraction of sp³-hybridized carbons (Fsp3) is 0.400. The molecule has 1 aliphatic heterocycles. The highest BCUT2D eigenvalue weighted by Gasteiger charge is 2.47. The number of amides is 1. The van der Waals surface area contributed by atoms with Crippen molar-refractivity contribution < 1.29 is 19.1 Å². The van der Waals surface area contributed by atoms with E-state index in [2.05, 4.69) is 4.98 Å². The maximum atomic E-state index is 12.8. The molecule has 2 aromatic rings. The zero-order chi connectivity index (χ0) is 19.9. The van der Waals surface area contributed by atoms with E-state index in [1.807, 2.05) is 39.8 Å². The lowest BCUT2D eigenvalue weighted by molar-refractivity contribution is -0.140. The Morgan fingerprint density at radius 2 is 1.96 bits per heavy atom. The molecule has 1 amide bonds. The summed E-state index contributed by atoms with van der Waals surface area (Å²) >= 11 is 0. The van der Waals surface area contributed by atoms with Gasteiger partial charge >= 0.3 is 0 Å². The van der Waals surface area contributed by atoms with Gasteiger partial charge in [-0.1, -0.05) is 0 Å². The second-order valence-corrected chi connectivity index (χ2v) is 7.19. The molecule has 2 N–H and O–H groups in total. The van der Waals surface area contributed by atoms with Crippen molar-refractivity contribution in [1.82, 2.24) is 14.8 Å². The molecule has 0 radical (unpaired) electrons. The third-order valence-corrected chi connectivity index (χ3v) is 5.07. The van der Waals surface area contributed by atoms with Crippen LogP contribution in [0.1, 0.15) is 34.3 Å². The van der Waals surface area contributed by atoms with Gasteiger partial charge in [0.2, 0.25) is 0 Å². The van der Waals surface area contributed by atoms with Crippen LogP contribution in [0.5, 0.6) is 0 Å². The van der Waals surface area contributed by atoms with Gasteiger partial charge in [-0.2, -0.15) is 0 Å². The number of hydrogen-bond acceptors (Lipinski definition) is 5. The summed E-state index contributed by atoms with van der Waals surface area (Å²) in [6.07, 6.45) is 1.50. The minimum atomic E-state index is -0.742. The topological polar surface area (TPSA) is 89.8 Å². The van der Waals surface area contributed by atoms with Crippen molar-refractivity contribution in [1.29, 1.82) is 0 Å². The Balaban J connectivity index is 2.17. The van der Waals surface area contributed by atoms with E-state index in [0.717, 1.165) is 17.0 Å². The Morgan fingerprint density at radius 1 is 1.26 bits per heavy atom. The van der Waals surface area contributed by atoms with Crippen molar-refractivity contribution >= 4 is 17.4 Å². The third-order valence-electron chi connectivity index (χ3n) is 5.07. The number of nitrogens with one attached hydrogen (secondary N) is 1. The highest BCUT2D eigenvalue weighted by atomic mass is 16.3. The number of aromatic nitrogens is 1. The first kappa shape index (κ1) is 19.0. The first-order chi connectivity index (χ1) is 12.7. The highest BCUT2D eigenvalue weighted by Crippen LogP contribution is 2.40. The van der Waals surface area contributed by atoms with Gasteiger partial charge in [0.05, 0.1) is 11.8 Å². The number of H-pyrrole nitrogens is 1. The number of nitrogens with zero attached hydrogens (tertiary/aromatic N) is 2. The Morgan fingerprint density at radius 3 is 2.48 bits per heavy atom. The number of hydrogen-bond donors (Lipinski definition) is 2. The molecule has 3 heterocycles. The lowest BCUT2D eigenvalue weighted by Crippen LogP contribution is -2.35. The number of aliphatic hydroxyl groups excluding tert-OH is 1. The van der Waals surface area contributed by atoms with Crippen molar-refractivity contribution in [2.75, 3.05) is 27.2 Å². The molecule has 0 saturated carbocycles. The SMILES string of the molecule is Cc1[nH]c(C)c(/C(O)=C2\C(=O)C(=O)N(CCN(C)C)C2c2ccco2)c1C. The largest absolute Gasteiger partial charge is 0.507 e. The summed E-state index contributed by atoms with van der Waals surface area (Å²) in [7, 11) is 3.79. The predicted molar refractivity (Wildman–Crippen MR) is 101 cm³/mol. The number of carbonyl (C=O) groups excluding carboxylic acids is 2. The van der Waals surface area contributed by atoms with Crippen LogP contribution in [0.4, 0.5) is 0 Å². The number of aliphatic hydroxyl groups is 1. The number of aromatic amines is 1. The van der Waals surface area contributed by atoms with Crippen molar-refractivity contribution in [2.24, 2.45) is 0 Å². The minimum Gasteiger partial charge on any atom is -0.507 e. The minimum absolute atomic E-state index is 0.0684. The van der Waals surface area contributed by atoms with E-state index in [4.69, 9.17) is 4.42 Å². The molecule has 0 aliphatic carbocycles. The van der Waals surface area contributed by atoms with Gasteiger partial charge in [-0.3, -0.25) is 9.59 Å². The van der Waals surface area contributed by atoms with Crippen LogP contribution in [0.25, 0.3) is 5.76 Å². The van der Waals surface area contributed by atoms with E-state index in [0.29, 0.717) is 24.4 Å². The van der Waals surface area contributed by atoms with Gasteiger partial charge in [-0.15, -0.1) is 0 Å². The average molecular weight is 371 g/mol. The molecule has 3 rings (SSSR count). The van der Waals surface area contributed by atoms with Crippen molar-refractivity contribution in [3.8, 4) is 0 Å². The number of likely N-dealkylation sites (tertiary alicyclic amines) is 1. The van der Waals surface area contributed by atoms with Crippen LogP contribution >= 0.6 is 0 Å². The smallest absolute Gasteiger partial charge is 0.295 e. The molecule has 27 heavy (non-hydrogen) atoms. The molecule has 7 heteroatoms. The normalized spacial score (nSPS) is 19.5. The van der Waals surface area contributed by atoms with Crippen LogP contribution in [-0.2, 0) is 9.59 Å². The van der Waals surface area contributed by atoms with Gasteiger partial charge < -0.3 is 24.3 Å². The number of rotatable bonds is 5. The van der Waals surface area contributed by atoms with E-state index in [1.54, 1.807) is 12.1 Å². The van der Waals surface area contributed by atoms with Crippen molar-refractivity contribution in [3.63, 3.8) is 0 Å². The molecular formula is C20H25N3O4. The fourth-order valence-corrected chi connectivity index (χ4v) is 3.56. The van der Waals surface area contributed by atoms with E-state index < -0.39 is 17.7 Å². The second-order valence-electron chi connectivity index (χ2n) is 7.19. The lowest BCUT2D eigenvalue weighted by atomic mass is 9.97. The van der Waals surface area contributed by atoms with Crippen LogP contribution < -0.4 is 0 Å². The molecule has 1 saturated heterocycles. The molecule has 144 valence electrons. The molecule has 1 unspecified atom stereocenters. The van der Waals surface area contributed by atoms with E-state index in [1.165, 1.54) is 11.2 Å². The maximum Gasteiger partial charge on any atom is 0.295 e. The van der Waals surface area contributed by atoms with Gasteiger partial charge in [0.1, 0.15) is 17.6 Å². The first-order valence-electron chi connectivity index (χ1n) is 8.86. The van der Waals surface area contributed by atoms with Crippen LogP contribution in [0.15, 0.2) is 28.4 Å². The number of ketones is 1. The molecule has 1 aliphatic rings. The zero-order valence-corrected chi connectivity index (χ0v) is 16.3. The van der Waals surface area contributed by atoms with Gasteiger partial charge in [0, 0.05) is 30.0 Å². The molecule has 0 aromatic carbocycles. The van der Waals surface area contributed by atoms with Crippen LogP contribution in [0.2, 0.25) is 0 Å². The molecule has 1 fully saturated rings. The van der Waals surface area contributed by atoms with Gasteiger partial charge in [-0.05, 0) is 52.6 Å². The molecule has 0 bridgehead atoms. The van der Waals surface area contributed by atoms with Crippen LogP contribution in [0, 0.1) is 20.8 Å². The average Bonchev–Trinajstić information content (AvgIpc) is 3.26. The number of aryl methyl sites for hydroxylation is 2. The summed E-state index contributed by atoms with van der Waals surface area (Å²) in [6, 6.07) is 2.68. The zero-order valence-electron chi connectivity index (χ0n) is 16.3. The van der Waals surface area contributed by atoms with Gasteiger partial charge in [0.25, 0.3) is 11.7 Å². The number of furan rings is 1. The number of carbonyl (C=O) groups is 2. The maximum absolute atomic E-state index is 12.8. The predicted octanol–water partition coefficient (Wildman–Crippen LogP) is 2.52. The first-order valence-corrected chi connectivity index (χ1v) is 8.86. The Bertz CT molecular complexity index is 906. The Kier molecular flexibility index (Phi) is 4.97. The number of Topliss-reactive ketones (excluding diaryl/α,β-unsaturated/α-hetero) is 1. The van der Waals surface area contributed by atoms with Crippen molar-refractivity contribution in [3.05, 3.63) is 52.2 Å². The lowest BCUT2D eigenvalue weighted by Gasteiger charge is -2.24. The molecular weight excluding hydrogens is 346 g/mol. The van der Waals surface area contributed by atoms with Crippen LogP contribution in [0.3, 0.4) is 0 Å². The quantitative estimate of drug-likeness (QED) is 0.479. The highest BCUT2D eigenvalue weighted by molar-refractivity contribution is 6.46. The summed E-state index contributed by atoms with van der Waals surface area (Å²) < 4.78 is 5.52. The van der Waals surface area contributed by atoms with Crippen LogP contribution in [-0.4, -0.2) is 58.8 Å². The van der Waals surface area contributed by atoms with E-state index in [-0.39, 0.29) is 11.3 Å². The summed E-state index contributed by atoms with van der Waals surface area (Å²) in [5.74, 6) is -1.02. The molecule has 2 aromatic heterocycles. The fourth-order valence-electron chi connectivity index (χ4n) is 3.56. The summed E-state index contributed by atoms with van der Waals surface area (Å²) in [5, 5.41) is 11.1. The standard InChI is InChI=1S/C20H25N3O4/c1-11-12(2)21-13(3)15(11)18(24)16-17(14-7-6-10-27-14)23(9-8-22(4)5)20(26)19(16)25/h6-7,10,17,21,24H,8-9H2,1-5H3/b18-16+. The summed E-state index contributed by atoms with van der Waals surface area (Å²) in [5.41, 5.74) is 3.14. The molecule has 0 spiro atoms. The second kappa shape index (κ2) is 7.08. The Hall–Kier alpha value is -2.80. The molecule has 7 nitrogen and oxygen atoms in total. The van der Waals surface area contributed by atoms with Crippen molar-refractivity contribution in [2.45, 2.75) is 26.8 Å². The van der Waals surface area contributed by atoms with E-state index >= 15 is 0 Å². The monoisotopic (exact) mass is 371 g/mol.